The van der Waals surface area contributed by atoms with Crippen LogP contribution in [-0.4, -0.2) is 25.7 Å². The quantitative estimate of drug-likeness (QED) is 0.754. The van der Waals surface area contributed by atoms with E-state index >= 15 is 0 Å². The molecule has 1 aromatic rings. The van der Waals surface area contributed by atoms with E-state index < -0.39 is 0 Å². The van der Waals surface area contributed by atoms with E-state index in [0.717, 1.165) is 30.2 Å². The lowest BCUT2D eigenvalue weighted by Crippen LogP contribution is -2.31. The number of rotatable bonds is 5. The number of ether oxygens (including phenoxy) is 1. The molecule has 21 heavy (non-hydrogen) atoms. The number of nitrogens with zero attached hydrogens (tertiary/aromatic N) is 1. The van der Waals surface area contributed by atoms with Crippen LogP contribution < -0.4 is 4.90 Å². The molecule has 0 aromatic heterocycles. The summed E-state index contributed by atoms with van der Waals surface area (Å²) in [4.78, 5) is 13.9. The van der Waals surface area contributed by atoms with Crippen LogP contribution in [0.3, 0.4) is 0 Å². The van der Waals surface area contributed by atoms with E-state index in [-0.39, 0.29) is 5.91 Å². The first-order valence-corrected chi connectivity index (χ1v) is 8.65. The van der Waals surface area contributed by atoms with Crippen LogP contribution >= 0.6 is 15.9 Å². The molecule has 1 aromatic carbocycles. The van der Waals surface area contributed by atoms with Gasteiger partial charge in [0.2, 0.25) is 5.91 Å². The number of likely N-dealkylation sites (N-methyl/N-ethyl adjacent to an activating group) is 1. The minimum absolute atomic E-state index is 0.187. The zero-order valence-corrected chi connectivity index (χ0v) is 14.2. The summed E-state index contributed by atoms with van der Waals surface area (Å²) in [5, 5.41) is 0. The van der Waals surface area contributed by atoms with Crippen molar-refractivity contribution in [2.45, 2.75) is 43.5 Å². The molecule has 114 valence electrons. The van der Waals surface area contributed by atoms with Crippen molar-refractivity contribution in [1.29, 1.82) is 0 Å². The van der Waals surface area contributed by atoms with Gasteiger partial charge in [-0.15, -0.1) is 0 Å². The number of hydrogen-bond donors (Lipinski definition) is 0. The van der Waals surface area contributed by atoms with Crippen molar-refractivity contribution in [3.8, 4) is 0 Å². The summed E-state index contributed by atoms with van der Waals surface area (Å²) < 4.78 is 5.62. The van der Waals surface area contributed by atoms with E-state index in [1.54, 1.807) is 4.90 Å². The lowest BCUT2D eigenvalue weighted by atomic mass is 9.78. The van der Waals surface area contributed by atoms with Gasteiger partial charge in [0.15, 0.2) is 0 Å². The number of hydrogen-bond acceptors (Lipinski definition) is 2. The molecular weight excluding hydrogens is 330 g/mol. The molecule has 1 heterocycles. The Labute approximate surface area is 134 Å². The molecule has 0 N–H and O–H groups in total. The Hall–Kier alpha value is -0.870. The molecule has 1 aliphatic carbocycles. The maximum atomic E-state index is 11.7. The third-order valence-electron chi connectivity index (χ3n) is 4.68. The predicted molar refractivity (Wildman–Crippen MR) is 88.0 cm³/mol. The maximum absolute atomic E-state index is 11.7. The Balaban J connectivity index is 1.60. The van der Waals surface area contributed by atoms with Gasteiger partial charge in [0.05, 0.1) is 12.5 Å². The predicted octanol–water partition coefficient (Wildman–Crippen LogP) is 3.85. The van der Waals surface area contributed by atoms with Gasteiger partial charge in [0.1, 0.15) is 0 Å². The van der Waals surface area contributed by atoms with Gasteiger partial charge < -0.3 is 9.64 Å². The summed E-state index contributed by atoms with van der Waals surface area (Å²) in [7, 11) is 1.85. The van der Waals surface area contributed by atoms with Gasteiger partial charge >= 0.3 is 0 Å². The molecule has 3 nitrogen and oxygen atoms in total. The molecule has 1 saturated carbocycles. The van der Waals surface area contributed by atoms with E-state index in [0.29, 0.717) is 17.4 Å². The van der Waals surface area contributed by atoms with E-state index in [2.05, 4.69) is 41.1 Å². The second kappa shape index (κ2) is 6.09. The number of carbonyl (C=O) groups excluding carboxylic acids is 1. The van der Waals surface area contributed by atoms with Crippen molar-refractivity contribution in [3.63, 3.8) is 0 Å². The molecular formula is C17H22BrNO2. The van der Waals surface area contributed by atoms with Crippen LogP contribution in [0.25, 0.3) is 0 Å². The molecule has 1 fully saturated rings. The Bertz CT molecular complexity index is 540. The standard InChI is InChI=1S/C17H22BrNO2/c1-3-21-14-6-11(7-14)8-15(18)12-4-5-16-13(9-12)10-17(20)19(16)2/h4-5,9,11,14-15H,3,6-8,10H2,1-2H3. The Morgan fingerprint density at radius 3 is 2.90 bits per heavy atom. The normalized spacial score (nSPS) is 25.7. The fraction of sp³-hybridized carbons (Fsp3) is 0.588. The topological polar surface area (TPSA) is 29.5 Å². The smallest absolute Gasteiger partial charge is 0.231 e. The summed E-state index contributed by atoms with van der Waals surface area (Å²) in [6, 6.07) is 6.41. The number of benzene rings is 1. The lowest BCUT2D eigenvalue weighted by molar-refractivity contribution is -0.117. The molecule has 1 aliphatic heterocycles. The van der Waals surface area contributed by atoms with Gasteiger partial charge in [-0.2, -0.15) is 0 Å². The minimum Gasteiger partial charge on any atom is -0.378 e. The molecule has 1 amide bonds. The number of fused-ring (bicyclic) bond motifs is 1. The summed E-state index contributed by atoms with van der Waals surface area (Å²) >= 11 is 3.82. The minimum atomic E-state index is 0.187. The van der Waals surface area contributed by atoms with Crippen LogP contribution in [0, 0.1) is 5.92 Å². The first kappa shape index (κ1) is 15.0. The van der Waals surface area contributed by atoms with Crippen LogP contribution in [0.4, 0.5) is 5.69 Å². The fourth-order valence-electron chi connectivity index (χ4n) is 3.35. The number of anilines is 1. The van der Waals surface area contributed by atoms with Crippen LogP contribution in [0.1, 0.15) is 42.1 Å². The molecule has 0 radical (unpaired) electrons. The van der Waals surface area contributed by atoms with Crippen molar-refractivity contribution in [2.75, 3.05) is 18.6 Å². The van der Waals surface area contributed by atoms with Crippen molar-refractivity contribution >= 4 is 27.5 Å². The van der Waals surface area contributed by atoms with Crippen molar-refractivity contribution < 1.29 is 9.53 Å². The third kappa shape index (κ3) is 3.02. The average molecular weight is 352 g/mol. The molecule has 1 atom stereocenters. The Morgan fingerprint density at radius 2 is 2.19 bits per heavy atom. The van der Waals surface area contributed by atoms with Crippen LogP contribution in [0.2, 0.25) is 0 Å². The highest BCUT2D eigenvalue weighted by Crippen LogP contribution is 2.41. The SMILES string of the molecule is CCOC1CC(CC(Br)c2ccc3c(c2)CC(=O)N3C)C1. The zero-order chi connectivity index (χ0) is 15.0. The van der Waals surface area contributed by atoms with Gasteiger partial charge in [-0.1, -0.05) is 28.1 Å². The summed E-state index contributed by atoms with van der Waals surface area (Å²) in [6.07, 6.45) is 4.52. The molecule has 0 spiro atoms. The molecule has 0 saturated heterocycles. The van der Waals surface area contributed by atoms with Crippen LogP contribution in [0.5, 0.6) is 0 Å². The fourth-order valence-corrected chi connectivity index (χ4v) is 4.17. The number of carbonyl (C=O) groups is 1. The first-order valence-electron chi connectivity index (χ1n) is 7.73. The van der Waals surface area contributed by atoms with Gasteiger partial charge in [-0.25, -0.2) is 0 Å². The lowest BCUT2D eigenvalue weighted by Gasteiger charge is -2.36. The van der Waals surface area contributed by atoms with Gasteiger partial charge in [0, 0.05) is 24.2 Å². The number of alkyl halides is 1. The van der Waals surface area contributed by atoms with E-state index in [4.69, 9.17) is 4.74 Å². The molecule has 2 aliphatic rings. The molecule has 0 bridgehead atoms. The first-order chi connectivity index (χ1) is 10.1. The van der Waals surface area contributed by atoms with Gasteiger partial charge in [-0.05, 0) is 49.3 Å². The second-order valence-corrected chi connectivity index (χ2v) is 7.24. The van der Waals surface area contributed by atoms with Gasteiger partial charge in [0.25, 0.3) is 0 Å². The Morgan fingerprint density at radius 1 is 1.43 bits per heavy atom. The highest BCUT2D eigenvalue weighted by Gasteiger charge is 2.31. The van der Waals surface area contributed by atoms with Crippen LogP contribution in [0.15, 0.2) is 18.2 Å². The molecule has 1 unspecified atom stereocenters. The number of halogens is 1. The summed E-state index contributed by atoms with van der Waals surface area (Å²) in [5.74, 6) is 0.940. The summed E-state index contributed by atoms with van der Waals surface area (Å²) in [5.41, 5.74) is 3.51. The largest absolute Gasteiger partial charge is 0.378 e. The highest BCUT2D eigenvalue weighted by molar-refractivity contribution is 9.09. The molecule has 4 heteroatoms. The zero-order valence-electron chi connectivity index (χ0n) is 12.6. The van der Waals surface area contributed by atoms with E-state index in [1.807, 2.05) is 7.05 Å². The Kier molecular flexibility index (Phi) is 4.36. The second-order valence-electron chi connectivity index (χ2n) is 6.14. The van der Waals surface area contributed by atoms with Gasteiger partial charge in [-0.3, -0.25) is 4.79 Å². The third-order valence-corrected chi connectivity index (χ3v) is 5.58. The maximum Gasteiger partial charge on any atom is 0.231 e. The van der Waals surface area contributed by atoms with Crippen LogP contribution in [-0.2, 0) is 16.0 Å². The van der Waals surface area contributed by atoms with Crippen molar-refractivity contribution in [1.82, 2.24) is 0 Å². The summed E-state index contributed by atoms with van der Waals surface area (Å²) in [6.45, 7) is 2.88. The number of amides is 1. The molecule has 3 rings (SSSR count). The van der Waals surface area contributed by atoms with E-state index in [1.165, 1.54) is 18.4 Å². The van der Waals surface area contributed by atoms with E-state index in [9.17, 15) is 4.79 Å². The average Bonchev–Trinajstić information content (AvgIpc) is 2.71. The van der Waals surface area contributed by atoms with Crippen molar-refractivity contribution in [3.05, 3.63) is 29.3 Å². The van der Waals surface area contributed by atoms with Crippen molar-refractivity contribution in [2.24, 2.45) is 5.92 Å². The highest BCUT2D eigenvalue weighted by atomic mass is 79.9. The monoisotopic (exact) mass is 351 g/mol.